The van der Waals surface area contributed by atoms with Gasteiger partial charge in [-0.15, -0.1) is 11.6 Å². The number of carbonyl (C=O) groups excluding carboxylic acids is 5. The quantitative estimate of drug-likeness (QED) is 0.0418. The SMILES string of the molecule is C.CC(C)(C)OC(=O)OC(=O)OC(C)(C)C.CCc1nc(C(=O)OC)cn1Cc1ccc2ncc(Cl)cc2c1.Cc1cc(N)nc(C)c1CNC(=O)c1cn(Cc2ccc3ncc(Cl)cc3c2)c(CN)n1.[C-]#[N+]c1nc(C(=O)OC)cn1Cc1ccc2ncc(Cl)cc2c1. The van der Waals surface area contributed by atoms with Gasteiger partial charge >= 0.3 is 30.2 Å². The maximum absolute atomic E-state index is 12.8. The molecule has 0 radical (unpaired) electrons. The van der Waals surface area contributed by atoms with Crippen molar-refractivity contribution in [1.82, 2.24) is 53.9 Å². The van der Waals surface area contributed by atoms with Crippen molar-refractivity contribution in [3.63, 3.8) is 0 Å². The van der Waals surface area contributed by atoms with Gasteiger partial charge in [0.25, 0.3) is 5.91 Å². The van der Waals surface area contributed by atoms with Gasteiger partial charge in [0.1, 0.15) is 34.4 Å². The highest BCUT2D eigenvalue weighted by Gasteiger charge is 2.25. The van der Waals surface area contributed by atoms with Crippen LogP contribution < -0.4 is 16.8 Å². The van der Waals surface area contributed by atoms with Gasteiger partial charge in [-0.3, -0.25) is 24.3 Å². The van der Waals surface area contributed by atoms with E-state index in [9.17, 15) is 24.0 Å². The molecule has 94 heavy (non-hydrogen) atoms. The summed E-state index contributed by atoms with van der Waals surface area (Å²) in [7, 11) is 2.63. The minimum absolute atomic E-state index is 0. The normalized spacial score (nSPS) is 10.9. The second kappa shape index (κ2) is 32.5. The van der Waals surface area contributed by atoms with E-state index in [4.69, 9.17) is 67.1 Å². The molecule has 0 aliphatic heterocycles. The Kier molecular flexibility index (Phi) is 25.2. The van der Waals surface area contributed by atoms with Crippen LogP contribution in [0.1, 0.15) is 133 Å². The number of esters is 2. The van der Waals surface area contributed by atoms with Crippen molar-refractivity contribution < 1.29 is 47.7 Å². The number of nitrogens with one attached hydrogen (secondary N) is 1. The zero-order valence-electron chi connectivity index (χ0n) is 53.0. The molecule has 0 saturated carbocycles. The largest absolute Gasteiger partial charge is 0.519 e. The lowest BCUT2D eigenvalue weighted by Gasteiger charge is -2.20. The molecule has 1 amide bonds. The number of pyridine rings is 4. The Morgan fingerprint density at radius 2 is 1.01 bits per heavy atom. The summed E-state index contributed by atoms with van der Waals surface area (Å²) in [5.41, 5.74) is 19.4. The van der Waals surface area contributed by atoms with Crippen molar-refractivity contribution in [3.8, 4) is 0 Å². The second-order valence-corrected chi connectivity index (χ2v) is 24.0. The molecule has 492 valence electrons. The van der Waals surface area contributed by atoms with E-state index in [0.29, 0.717) is 64.3 Å². The number of nitrogens with zero attached hydrogens (tertiary/aromatic N) is 11. The van der Waals surface area contributed by atoms with Crippen LogP contribution in [0.2, 0.25) is 15.1 Å². The lowest BCUT2D eigenvalue weighted by atomic mass is 10.1. The first-order valence-corrected chi connectivity index (χ1v) is 29.9. The van der Waals surface area contributed by atoms with E-state index in [2.05, 4.69) is 54.5 Å². The van der Waals surface area contributed by atoms with Gasteiger partial charge in [-0.05, 0) is 144 Å². The number of imidazole rings is 3. The van der Waals surface area contributed by atoms with Crippen LogP contribution in [-0.2, 0) is 62.8 Å². The van der Waals surface area contributed by atoms with Crippen LogP contribution in [-0.4, -0.2) is 104 Å². The Morgan fingerprint density at radius 1 is 0.596 bits per heavy atom. The lowest BCUT2D eigenvalue weighted by molar-refractivity contribution is -0.0294. The standard InChI is InChI=1S/C23H24ClN7O.C17H16ClN3O2.C16H11ClN4O2.C10H18O5.CH4/c1-13-5-21(26)29-14(2)18(13)10-28-23(32)20-12-31(22(8-25)30-20)11-15-3-4-19-16(6-15)7-17(24)9-27-19;1-3-16-20-15(17(22)23-2)10-21(16)9-11-4-5-14-12(6-11)7-13(18)8-19-14;1-18-16-20-14(15(22)23-2)9-21(16)8-10-3-4-13-11(5-10)6-12(17)7-19-13;1-9(2,3)14-7(11)13-8(12)15-10(4,5)6;/h3-7,9,12H,8,10-11,25H2,1-2H3,(H2,26,29)(H,28,32);4-8,10H,3,9H2,1-2H3;3-7,9H,8H2,2H3;1-6H3;1H4. The van der Waals surface area contributed by atoms with Crippen molar-refractivity contribution in [2.45, 2.75) is 120 Å². The third-order valence-corrected chi connectivity index (χ3v) is 13.9. The molecule has 0 unspecified atom stereocenters. The van der Waals surface area contributed by atoms with Gasteiger partial charge in [-0.1, -0.05) is 67.4 Å². The number of nitrogens with two attached hydrogens (primary N) is 2. The number of fused-ring (bicyclic) bond motifs is 3. The Labute approximate surface area is 558 Å². The summed E-state index contributed by atoms with van der Waals surface area (Å²) in [6.45, 7) is 25.1. The van der Waals surface area contributed by atoms with Crippen LogP contribution in [0.3, 0.4) is 0 Å². The molecule has 10 rings (SSSR count). The Hall–Kier alpha value is -10.1. The predicted octanol–water partition coefficient (Wildman–Crippen LogP) is 13.6. The van der Waals surface area contributed by atoms with Gasteiger partial charge in [0.15, 0.2) is 5.69 Å². The number of rotatable bonds is 13. The van der Waals surface area contributed by atoms with Gasteiger partial charge in [0.05, 0.1) is 65.1 Å². The number of aryl methyl sites for hydroxylation is 3. The zero-order chi connectivity index (χ0) is 67.9. The van der Waals surface area contributed by atoms with Gasteiger partial charge in [0, 0.05) is 78.9 Å². The number of benzene rings is 3. The predicted molar refractivity (Wildman–Crippen MR) is 360 cm³/mol. The summed E-state index contributed by atoms with van der Waals surface area (Å²) in [4.78, 5) is 91.1. The molecule has 0 fully saturated rings. The number of aromatic nitrogens is 10. The highest BCUT2D eigenvalue weighted by atomic mass is 35.5. The van der Waals surface area contributed by atoms with Crippen molar-refractivity contribution in [2.24, 2.45) is 5.73 Å². The fourth-order valence-electron chi connectivity index (χ4n) is 9.13. The summed E-state index contributed by atoms with van der Waals surface area (Å²) in [5, 5.41) is 7.52. The monoisotopic (exact) mass is 1340 g/mol. The number of nitrogen functional groups attached to an aromatic ring is 1. The number of hydrogen-bond acceptors (Lipinski definition) is 19. The molecular weight excluding hydrogens is 1270 g/mol. The first-order chi connectivity index (χ1) is 44.0. The maximum atomic E-state index is 12.8. The second-order valence-electron chi connectivity index (χ2n) is 22.7. The van der Waals surface area contributed by atoms with E-state index >= 15 is 0 Å². The third-order valence-electron chi connectivity index (χ3n) is 13.2. The van der Waals surface area contributed by atoms with Crippen LogP contribution in [0.4, 0.5) is 21.4 Å². The average Bonchev–Trinajstić information content (AvgIpc) is 1.55. The molecule has 10 aromatic rings. The minimum Gasteiger partial charge on any atom is -0.464 e. The Bertz CT molecular complexity index is 4380. The summed E-state index contributed by atoms with van der Waals surface area (Å²) in [5.74, 6) is 0.804. The summed E-state index contributed by atoms with van der Waals surface area (Å²) >= 11 is 18.0. The van der Waals surface area contributed by atoms with Gasteiger partial charge in [0.2, 0.25) is 5.69 Å². The molecule has 7 aromatic heterocycles. The smallest absolute Gasteiger partial charge is 0.464 e. The third kappa shape index (κ3) is 20.7. The molecular formula is C67H73Cl3N14O10. The number of methoxy groups -OCH3 is 2. The Morgan fingerprint density at radius 3 is 1.43 bits per heavy atom. The van der Waals surface area contributed by atoms with Crippen molar-refractivity contribution in [3.05, 3.63) is 205 Å². The van der Waals surface area contributed by atoms with E-state index in [1.165, 1.54) is 20.4 Å². The molecule has 0 bridgehead atoms. The van der Waals surface area contributed by atoms with Crippen molar-refractivity contribution in [1.29, 1.82) is 0 Å². The first kappa shape index (κ1) is 73.0. The van der Waals surface area contributed by atoms with Crippen molar-refractivity contribution >= 4 is 109 Å². The van der Waals surface area contributed by atoms with Crippen LogP contribution in [0.5, 0.6) is 0 Å². The summed E-state index contributed by atoms with van der Waals surface area (Å²) in [6, 6.07) is 25.1. The van der Waals surface area contributed by atoms with Crippen LogP contribution >= 0.6 is 34.8 Å². The molecule has 24 nitrogen and oxygen atoms in total. The summed E-state index contributed by atoms with van der Waals surface area (Å²) in [6.07, 6.45) is 8.44. The number of ether oxygens (including phenoxy) is 5. The molecule has 0 aliphatic carbocycles. The van der Waals surface area contributed by atoms with Crippen molar-refractivity contribution in [2.75, 3.05) is 20.0 Å². The molecule has 0 aliphatic rings. The summed E-state index contributed by atoms with van der Waals surface area (Å²) < 4.78 is 28.6. The number of amides is 1. The molecule has 27 heteroatoms. The van der Waals surface area contributed by atoms with Gasteiger partial charge in [-0.25, -0.2) is 34.1 Å². The lowest BCUT2D eigenvalue weighted by Crippen LogP contribution is -2.29. The van der Waals surface area contributed by atoms with E-state index < -0.39 is 35.5 Å². The first-order valence-electron chi connectivity index (χ1n) is 28.7. The van der Waals surface area contributed by atoms with Gasteiger partial charge < -0.3 is 54.4 Å². The minimum atomic E-state index is -1.06. The van der Waals surface area contributed by atoms with E-state index in [-0.39, 0.29) is 31.5 Å². The number of anilines is 1. The molecule has 3 aromatic carbocycles. The molecule has 0 saturated heterocycles. The molecule has 0 atom stereocenters. The number of hydrogen-bond donors (Lipinski definition) is 3. The average molecular weight is 1340 g/mol. The maximum Gasteiger partial charge on any atom is 0.519 e. The van der Waals surface area contributed by atoms with Crippen LogP contribution in [0, 0.1) is 20.4 Å². The molecule has 0 spiro atoms. The highest BCUT2D eigenvalue weighted by Crippen LogP contribution is 2.25. The zero-order valence-corrected chi connectivity index (χ0v) is 55.3. The van der Waals surface area contributed by atoms with E-state index in [1.54, 1.807) is 83.2 Å². The van der Waals surface area contributed by atoms with E-state index in [1.807, 2.05) is 103 Å². The topological polar surface area (TPSA) is 305 Å². The van der Waals surface area contributed by atoms with E-state index in [0.717, 1.165) is 78.5 Å². The molecule has 5 N–H and O–H groups in total. The van der Waals surface area contributed by atoms with Crippen LogP contribution in [0.15, 0.2) is 116 Å². The Balaban J connectivity index is 0.000000204. The number of halogens is 3. The molecule has 7 heterocycles. The highest BCUT2D eigenvalue weighted by molar-refractivity contribution is 6.31. The fourth-order valence-corrected chi connectivity index (χ4v) is 9.63. The van der Waals surface area contributed by atoms with Gasteiger partial charge in [-0.2, -0.15) is 0 Å². The van der Waals surface area contributed by atoms with Crippen LogP contribution in [0.25, 0.3) is 37.6 Å². The fraction of sp³-hybridized carbons (Fsp3) is 0.299. The number of carbonyl (C=O) groups is 5.